The van der Waals surface area contributed by atoms with Gasteiger partial charge in [0.25, 0.3) is 0 Å². The Morgan fingerprint density at radius 1 is 1.35 bits per heavy atom. The van der Waals surface area contributed by atoms with Gasteiger partial charge in [-0.25, -0.2) is 4.99 Å². The highest BCUT2D eigenvalue weighted by Crippen LogP contribution is 2.25. The first-order valence-corrected chi connectivity index (χ1v) is 5.99. The van der Waals surface area contributed by atoms with E-state index >= 15 is 0 Å². The summed E-state index contributed by atoms with van der Waals surface area (Å²) >= 11 is 0. The van der Waals surface area contributed by atoms with Gasteiger partial charge in [0.2, 0.25) is 0 Å². The first-order chi connectivity index (χ1) is 9.83. The van der Waals surface area contributed by atoms with Crippen molar-refractivity contribution in [2.45, 2.75) is 0 Å². The molecule has 3 aliphatic rings. The van der Waals surface area contributed by atoms with Crippen molar-refractivity contribution in [3.63, 3.8) is 0 Å². The Hall–Kier alpha value is -2.72. The maximum atomic E-state index is 9.16. The van der Waals surface area contributed by atoms with E-state index in [-0.39, 0.29) is 6.02 Å². The van der Waals surface area contributed by atoms with Crippen LogP contribution in [0.2, 0.25) is 0 Å². The first-order valence-electron chi connectivity index (χ1n) is 5.99. The normalized spacial score (nSPS) is 19.0. The van der Waals surface area contributed by atoms with Crippen LogP contribution in [0.3, 0.4) is 0 Å². The third-order valence-electron chi connectivity index (χ3n) is 2.78. The van der Waals surface area contributed by atoms with Gasteiger partial charge in [-0.05, 0) is 12.2 Å². The lowest BCUT2D eigenvalue weighted by molar-refractivity contribution is 0.140. The lowest BCUT2D eigenvalue weighted by atomic mass is 10.1. The average Bonchev–Trinajstić information content (AvgIpc) is 2.48. The number of aliphatic imine (C=N–C) groups is 3. The largest absolute Gasteiger partial charge is 0.461 e. The highest BCUT2D eigenvalue weighted by atomic mass is 16.5. The van der Waals surface area contributed by atoms with Gasteiger partial charge in [-0.1, -0.05) is 6.08 Å². The van der Waals surface area contributed by atoms with Gasteiger partial charge in [-0.2, -0.15) is 15.2 Å². The zero-order valence-corrected chi connectivity index (χ0v) is 10.8. The summed E-state index contributed by atoms with van der Waals surface area (Å²) in [5, 5.41) is 9.16. The highest BCUT2D eigenvalue weighted by Gasteiger charge is 2.31. The minimum Gasteiger partial charge on any atom is -0.461 e. The van der Waals surface area contributed by atoms with E-state index in [1.165, 1.54) is 6.20 Å². The SMILES string of the molecule is COCCOC1=NC2=CC=CC3=NC=C(C#N)C(=N1)N23. The van der Waals surface area contributed by atoms with E-state index < -0.39 is 0 Å². The van der Waals surface area contributed by atoms with E-state index in [1.807, 2.05) is 18.2 Å². The molecule has 0 aliphatic carbocycles. The Balaban J connectivity index is 1.96. The summed E-state index contributed by atoms with van der Waals surface area (Å²) in [5.41, 5.74) is 0.373. The monoisotopic (exact) mass is 269 g/mol. The number of hydrogen-bond donors (Lipinski definition) is 0. The number of ether oxygens (including phenoxy) is 2. The predicted octanol–water partition coefficient (Wildman–Crippen LogP) is 0.950. The number of hydrogen-bond acceptors (Lipinski definition) is 7. The summed E-state index contributed by atoms with van der Waals surface area (Å²) in [6.07, 6.45) is 6.98. The van der Waals surface area contributed by atoms with Crippen molar-refractivity contribution in [1.82, 2.24) is 4.90 Å². The fourth-order valence-corrected chi connectivity index (χ4v) is 1.88. The van der Waals surface area contributed by atoms with Crippen LogP contribution in [-0.2, 0) is 9.47 Å². The molecule has 7 heteroatoms. The molecule has 0 radical (unpaired) electrons. The third-order valence-corrected chi connectivity index (χ3v) is 2.78. The molecule has 3 aliphatic heterocycles. The van der Waals surface area contributed by atoms with Crippen molar-refractivity contribution < 1.29 is 9.47 Å². The zero-order chi connectivity index (χ0) is 13.9. The smallest absolute Gasteiger partial charge is 0.320 e. The van der Waals surface area contributed by atoms with Gasteiger partial charge in [-0.3, -0.25) is 4.90 Å². The topological polar surface area (TPSA) is 82.6 Å². The van der Waals surface area contributed by atoms with Crippen LogP contribution in [0.4, 0.5) is 0 Å². The number of rotatable bonds is 3. The summed E-state index contributed by atoms with van der Waals surface area (Å²) in [7, 11) is 1.59. The van der Waals surface area contributed by atoms with E-state index in [0.717, 1.165) is 0 Å². The maximum Gasteiger partial charge on any atom is 0.320 e. The minimum atomic E-state index is 0.220. The molecule has 0 unspecified atom stereocenters. The van der Waals surface area contributed by atoms with Crippen LogP contribution in [0.1, 0.15) is 0 Å². The Labute approximate surface area is 115 Å². The summed E-state index contributed by atoms with van der Waals surface area (Å²) in [4.78, 5) is 14.5. The molecule has 0 saturated carbocycles. The van der Waals surface area contributed by atoms with Gasteiger partial charge in [0.1, 0.15) is 29.9 Å². The molecule has 0 amide bonds. The van der Waals surface area contributed by atoms with Crippen LogP contribution in [0.5, 0.6) is 0 Å². The maximum absolute atomic E-state index is 9.16. The summed E-state index contributed by atoms with van der Waals surface area (Å²) in [5.74, 6) is 1.79. The van der Waals surface area contributed by atoms with Crippen LogP contribution < -0.4 is 0 Å². The lowest BCUT2D eigenvalue weighted by Gasteiger charge is -2.31. The predicted molar refractivity (Wildman–Crippen MR) is 72.9 cm³/mol. The number of nitriles is 1. The Kier molecular flexibility index (Phi) is 3.15. The minimum absolute atomic E-state index is 0.220. The molecule has 0 atom stereocenters. The van der Waals surface area contributed by atoms with Crippen molar-refractivity contribution in [3.8, 4) is 6.07 Å². The first kappa shape index (κ1) is 12.3. The number of allylic oxidation sites excluding steroid dienone is 2. The second kappa shape index (κ2) is 5.11. The van der Waals surface area contributed by atoms with Gasteiger partial charge >= 0.3 is 6.02 Å². The van der Waals surface area contributed by atoms with E-state index in [4.69, 9.17) is 14.7 Å². The molecule has 0 N–H and O–H groups in total. The van der Waals surface area contributed by atoms with Crippen molar-refractivity contribution in [3.05, 3.63) is 35.8 Å². The van der Waals surface area contributed by atoms with Gasteiger partial charge in [0.05, 0.1) is 12.8 Å². The van der Waals surface area contributed by atoms with Crippen molar-refractivity contribution in [2.75, 3.05) is 20.3 Å². The van der Waals surface area contributed by atoms with E-state index in [9.17, 15) is 0 Å². The standard InChI is InChI=1S/C13H11N5O2/c1-19-5-6-20-13-16-11-4-2-3-10-15-8-9(7-14)12(17-13)18(10)11/h2-4,8H,5-6H2,1H3. The van der Waals surface area contributed by atoms with Crippen LogP contribution >= 0.6 is 0 Å². The van der Waals surface area contributed by atoms with E-state index in [1.54, 1.807) is 12.0 Å². The van der Waals surface area contributed by atoms with Crippen LogP contribution in [-0.4, -0.2) is 42.9 Å². The molecule has 0 aromatic rings. The Bertz CT molecular complexity index is 661. The van der Waals surface area contributed by atoms with Gasteiger partial charge < -0.3 is 9.47 Å². The summed E-state index contributed by atoms with van der Waals surface area (Å²) in [6.45, 7) is 0.794. The second-order valence-corrected chi connectivity index (χ2v) is 4.03. The van der Waals surface area contributed by atoms with Crippen LogP contribution in [0, 0.1) is 11.3 Å². The van der Waals surface area contributed by atoms with Gasteiger partial charge in [-0.15, -0.1) is 0 Å². The molecule has 0 saturated heterocycles. The molecule has 3 rings (SSSR count). The van der Waals surface area contributed by atoms with Crippen LogP contribution in [0.15, 0.2) is 50.8 Å². The third kappa shape index (κ3) is 2.02. The van der Waals surface area contributed by atoms with Gasteiger partial charge in [0, 0.05) is 7.11 Å². The summed E-state index contributed by atoms with van der Waals surface area (Å²) in [6, 6.07) is 2.29. The Morgan fingerprint density at radius 3 is 3.05 bits per heavy atom. The average molecular weight is 269 g/mol. The molecule has 0 spiro atoms. The van der Waals surface area contributed by atoms with Crippen molar-refractivity contribution in [1.29, 1.82) is 5.26 Å². The lowest BCUT2D eigenvalue weighted by Crippen LogP contribution is -2.41. The molecule has 20 heavy (non-hydrogen) atoms. The fraction of sp³-hybridized carbons (Fsp3) is 0.231. The molecule has 0 aromatic heterocycles. The molecule has 0 fully saturated rings. The van der Waals surface area contributed by atoms with Gasteiger partial charge in [0.15, 0.2) is 5.84 Å². The number of nitrogens with zero attached hydrogens (tertiary/aromatic N) is 5. The molecule has 7 nitrogen and oxygen atoms in total. The molecule has 0 bridgehead atoms. The molecular formula is C13H11N5O2. The summed E-state index contributed by atoms with van der Waals surface area (Å²) < 4.78 is 10.3. The number of amidine groups is 3. The van der Waals surface area contributed by atoms with E-state index in [0.29, 0.717) is 36.3 Å². The Morgan fingerprint density at radius 2 is 2.25 bits per heavy atom. The van der Waals surface area contributed by atoms with Crippen LogP contribution in [0.25, 0.3) is 0 Å². The second-order valence-electron chi connectivity index (χ2n) is 4.03. The molecule has 0 aromatic carbocycles. The molecule has 100 valence electrons. The van der Waals surface area contributed by atoms with Crippen molar-refractivity contribution >= 4 is 17.7 Å². The molecule has 3 heterocycles. The van der Waals surface area contributed by atoms with Crippen molar-refractivity contribution in [2.24, 2.45) is 15.0 Å². The molecular weight excluding hydrogens is 258 g/mol. The zero-order valence-electron chi connectivity index (χ0n) is 10.8. The van der Waals surface area contributed by atoms with E-state index in [2.05, 4.69) is 21.0 Å². The highest BCUT2D eigenvalue weighted by molar-refractivity contribution is 6.21. The fourth-order valence-electron chi connectivity index (χ4n) is 1.88. The number of methoxy groups -OCH3 is 1. The quantitative estimate of drug-likeness (QED) is 0.714.